The largest absolute Gasteiger partial charge is 0.387 e. The summed E-state index contributed by atoms with van der Waals surface area (Å²) in [6, 6.07) is 18.4. The molecule has 19 nitrogen and oxygen atoms in total. The second kappa shape index (κ2) is 21.8. The normalized spacial score (nSPS) is 16.2. The lowest BCUT2D eigenvalue weighted by atomic mass is 10.1. The standard InChI is InChI=1S/C40H50N10O9S4/c1-28-8-12-31(13-9-28)62(56,57)46-26-44-35(41)18-16-33(38(52)39-43-20-23-60-39)48-37(51)24-49-21-22-50(61(54,55)25-30-6-4-3-5-7-30)34(40(49)53)17-19-36(42)45-27-47-63(58,59)32-14-10-29(2)11-15-32/h3-15,20,23,33-34,46-47H,16-19,21-22,24-27H2,1-2H3,(H2,41,44)(H2,42,45)(H,48,51)/t33-,34-/m0/s1. The molecule has 23 heteroatoms. The Bertz CT molecular complexity index is 2610. The first-order valence-electron chi connectivity index (χ1n) is 19.6. The van der Waals surface area contributed by atoms with Gasteiger partial charge in [-0.05, 0) is 56.5 Å². The number of aromatic nitrogens is 1. The predicted molar refractivity (Wildman–Crippen MR) is 239 cm³/mol. The van der Waals surface area contributed by atoms with E-state index in [1.165, 1.54) is 35.4 Å². The topological polar surface area (TPSA) is 286 Å². The molecule has 0 unspecified atom stereocenters. The molecule has 3 aromatic carbocycles. The zero-order valence-corrected chi connectivity index (χ0v) is 37.9. The molecule has 1 saturated heterocycles. The van der Waals surface area contributed by atoms with Crippen molar-refractivity contribution in [1.82, 2.24) is 29.0 Å². The fourth-order valence-corrected chi connectivity index (χ4v) is 10.5. The minimum absolute atomic E-state index is 0.00475. The van der Waals surface area contributed by atoms with Crippen LogP contribution in [0.4, 0.5) is 0 Å². The van der Waals surface area contributed by atoms with Crippen LogP contribution in [0.5, 0.6) is 0 Å². The Kier molecular flexibility index (Phi) is 16.8. The van der Waals surface area contributed by atoms with Gasteiger partial charge in [0.25, 0.3) is 0 Å². The van der Waals surface area contributed by atoms with Gasteiger partial charge in [0.05, 0.1) is 39.8 Å². The highest BCUT2D eigenvalue weighted by atomic mass is 32.2. The van der Waals surface area contributed by atoms with E-state index in [9.17, 15) is 39.6 Å². The van der Waals surface area contributed by atoms with E-state index in [0.717, 1.165) is 26.8 Å². The molecule has 1 fully saturated rings. The van der Waals surface area contributed by atoms with Crippen LogP contribution in [0.15, 0.2) is 110 Å². The van der Waals surface area contributed by atoms with Crippen LogP contribution < -0.4 is 26.2 Å². The van der Waals surface area contributed by atoms with Crippen LogP contribution in [0, 0.1) is 13.8 Å². The number of piperazine rings is 1. The van der Waals surface area contributed by atoms with Gasteiger partial charge in [-0.1, -0.05) is 65.7 Å². The van der Waals surface area contributed by atoms with Gasteiger partial charge in [0.15, 0.2) is 5.01 Å². The van der Waals surface area contributed by atoms with Gasteiger partial charge in [-0.3, -0.25) is 24.4 Å². The molecule has 7 N–H and O–H groups in total. The SMILES string of the molecule is Cc1ccc(S(=O)(=O)NC/N=C(\N)CC[C@H](NC(=O)CN2CCN(S(=O)(=O)Cc3ccccc3)[C@@H](CC/C(N)=N/CNS(=O)(=O)c3ccc(C)cc3)C2=O)C(=O)c2nccs2)cc1. The summed E-state index contributed by atoms with van der Waals surface area (Å²) in [6.45, 7) is 2.03. The molecule has 338 valence electrons. The molecule has 1 aromatic heterocycles. The number of nitrogens with one attached hydrogen (secondary N) is 3. The molecule has 2 amide bonds. The van der Waals surface area contributed by atoms with E-state index in [0.29, 0.717) is 5.56 Å². The van der Waals surface area contributed by atoms with E-state index < -0.39 is 78.7 Å². The van der Waals surface area contributed by atoms with Crippen LogP contribution in [0.2, 0.25) is 0 Å². The number of carbonyl (C=O) groups excluding carboxylic acids is 3. The number of rotatable bonds is 22. The highest BCUT2D eigenvalue weighted by molar-refractivity contribution is 7.89. The number of ketones is 1. The van der Waals surface area contributed by atoms with Crippen molar-refractivity contribution in [1.29, 1.82) is 0 Å². The summed E-state index contributed by atoms with van der Waals surface area (Å²) in [6.07, 6.45) is 1.12. The van der Waals surface area contributed by atoms with Crippen molar-refractivity contribution in [2.45, 2.75) is 67.2 Å². The molecule has 0 aliphatic carbocycles. The Labute approximate surface area is 371 Å². The Morgan fingerprint density at radius 2 is 1.37 bits per heavy atom. The van der Waals surface area contributed by atoms with E-state index in [1.54, 1.807) is 60.0 Å². The third kappa shape index (κ3) is 14.0. The minimum atomic E-state index is -4.09. The molecule has 4 aromatic rings. The zero-order chi connectivity index (χ0) is 45.8. The summed E-state index contributed by atoms with van der Waals surface area (Å²) in [5.41, 5.74) is 14.5. The van der Waals surface area contributed by atoms with Crippen LogP contribution in [0.3, 0.4) is 0 Å². The molecular formula is C40H50N10O9S4. The Balaban J connectivity index is 1.25. The molecule has 2 heterocycles. The van der Waals surface area contributed by atoms with Gasteiger partial charge >= 0.3 is 0 Å². The van der Waals surface area contributed by atoms with Crippen molar-refractivity contribution in [2.24, 2.45) is 21.5 Å². The van der Waals surface area contributed by atoms with Gasteiger partial charge in [-0.2, -0.15) is 13.7 Å². The van der Waals surface area contributed by atoms with E-state index >= 15 is 0 Å². The number of benzene rings is 3. The molecule has 63 heavy (non-hydrogen) atoms. The maximum absolute atomic E-state index is 14.1. The minimum Gasteiger partial charge on any atom is -0.387 e. The van der Waals surface area contributed by atoms with Crippen LogP contribution in [0.1, 0.15) is 52.2 Å². The quantitative estimate of drug-likeness (QED) is 0.0427. The number of aliphatic imine (C=N–C) groups is 2. The first-order valence-corrected chi connectivity index (χ1v) is 25.1. The van der Waals surface area contributed by atoms with Crippen molar-refractivity contribution < 1.29 is 39.6 Å². The summed E-state index contributed by atoms with van der Waals surface area (Å²) in [4.78, 5) is 54.7. The number of Topliss-reactive ketones (excluding diaryl/α,β-unsaturated/α-hetero) is 1. The van der Waals surface area contributed by atoms with Crippen molar-refractivity contribution in [2.75, 3.05) is 33.0 Å². The number of thiazole rings is 1. The summed E-state index contributed by atoms with van der Waals surface area (Å²) in [7, 11) is -11.9. The van der Waals surface area contributed by atoms with Crippen LogP contribution >= 0.6 is 11.3 Å². The molecular weight excluding hydrogens is 893 g/mol. The van der Waals surface area contributed by atoms with Gasteiger partial charge < -0.3 is 21.7 Å². The first kappa shape index (κ1) is 48.6. The summed E-state index contributed by atoms with van der Waals surface area (Å²) < 4.78 is 84.1. The molecule has 0 spiro atoms. The number of nitrogens with zero attached hydrogens (tertiary/aromatic N) is 5. The third-order valence-corrected chi connectivity index (χ3v) is 15.3. The molecule has 1 aliphatic rings. The number of sulfonamides is 3. The number of hydrogen-bond donors (Lipinski definition) is 5. The number of hydrogen-bond acceptors (Lipinski definition) is 13. The van der Waals surface area contributed by atoms with E-state index in [-0.39, 0.29) is 71.9 Å². The highest BCUT2D eigenvalue weighted by Crippen LogP contribution is 2.23. The van der Waals surface area contributed by atoms with Gasteiger partial charge in [-0.25, -0.2) is 30.2 Å². The average Bonchev–Trinajstić information content (AvgIpc) is 3.78. The lowest BCUT2D eigenvalue weighted by molar-refractivity contribution is -0.142. The number of aryl methyl sites for hydroxylation is 2. The lowest BCUT2D eigenvalue weighted by Crippen LogP contribution is -2.60. The molecule has 2 atom stereocenters. The maximum atomic E-state index is 14.1. The highest BCUT2D eigenvalue weighted by Gasteiger charge is 2.41. The van der Waals surface area contributed by atoms with Gasteiger partial charge in [0.1, 0.15) is 19.4 Å². The van der Waals surface area contributed by atoms with Crippen molar-refractivity contribution in [3.05, 3.63) is 112 Å². The molecule has 0 radical (unpaired) electrons. The third-order valence-electron chi connectivity index (χ3n) is 9.81. The number of carbonyl (C=O) groups is 3. The van der Waals surface area contributed by atoms with Crippen LogP contribution in [-0.2, 0) is 45.4 Å². The average molecular weight is 943 g/mol. The van der Waals surface area contributed by atoms with E-state index in [4.69, 9.17) is 11.5 Å². The Morgan fingerprint density at radius 3 is 1.90 bits per heavy atom. The number of nitrogens with two attached hydrogens (primary N) is 2. The summed E-state index contributed by atoms with van der Waals surface area (Å²) in [5.74, 6) is -2.37. The van der Waals surface area contributed by atoms with Crippen LogP contribution in [-0.4, -0.2) is 114 Å². The van der Waals surface area contributed by atoms with Gasteiger partial charge in [0.2, 0.25) is 47.7 Å². The zero-order valence-electron chi connectivity index (χ0n) is 34.6. The monoisotopic (exact) mass is 942 g/mol. The van der Waals surface area contributed by atoms with Crippen LogP contribution in [0.25, 0.3) is 0 Å². The predicted octanol–water partition coefficient (Wildman–Crippen LogP) is 1.62. The van der Waals surface area contributed by atoms with E-state index in [1.807, 2.05) is 13.8 Å². The van der Waals surface area contributed by atoms with E-state index in [2.05, 4.69) is 29.7 Å². The maximum Gasteiger partial charge on any atom is 0.242 e. The Hall–Kier alpha value is -5.43. The lowest BCUT2D eigenvalue weighted by Gasteiger charge is -2.39. The Morgan fingerprint density at radius 1 is 0.810 bits per heavy atom. The molecule has 0 saturated carbocycles. The van der Waals surface area contributed by atoms with Gasteiger partial charge in [0, 0.05) is 37.5 Å². The number of amidine groups is 2. The fraction of sp³-hybridized carbons (Fsp3) is 0.350. The summed E-state index contributed by atoms with van der Waals surface area (Å²) >= 11 is 1.06. The van der Waals surface area contributed by atoms with Crippen molar-refractivity contribution >= 4 is 70.7 Å². The molecule has 0 bridgehead atoms. The second-order valence-corrected chi connectivity index (χ2v) is 20.9. The fourth-order valence-electron chi connectivity index (χ4n) is 6.39. The summed E-state index contributed by atoms with van der Waals surface area (Å²) in [5, 5.41) is 4.36. The first-order chi connectivity index (χ1) is 29.8. The second-order valence-electron chi connectivity index (χ2n) is 14.6. The van der Waals surface area contributed by atoms with Gasteiger partial charge in [-0.15, -0.1) is 11.3 Å². The molecule has 1 aliphatic heterocycles. The smallest absolute Gasteiger partial charge is 0.242 e. The van der Waals surface area contributed by atoms with Crippen molar-refractivity contribution in [3.8, 4) is 0 Å². The van der Waals surface area contributed by atoms with Crippen molar-refractivity contribution in [3.63, 3.8) is 0 Å². The number of amides is 2. The molecule has 5 rings (SSSR count).